The van der Waals surface area contributed by atoms with E-state index in [0.29, 0.717) is 35.1 Å². The molecule has 4 atom stereocenters. The van der Waals surface area contributed by atoms with Gasteiger partial charge in [0.2, 0.25) is 5.91 Å². The minimum absolute atomic E-state index is 0. The van der Waals surface area contributed by atoms with E-state index in [9.17, 15) is 4.79 Å². The van der Waals surface area contributed by atoms with Gasteiger partial charge in [-0.1, -0.05) is 27.7 Å². The molecule has 4 unspecified atom stereocenters. The zero-order valence-electron chi connectivity index (χ0n) is 15.3. The van der Waals surface area contributed by atoms with E-state index < -0.39 is 0 Å². The predicted molar refractivity (Wildman–Crippen MR) is 97.8 cm³/mol. The highest BCUT2D eigenvalue weighted by atomic mass is 35.5. The molecule has 2 saturated carbocycles. The Labute approximate surface area is 148 Å². The second-order valence-corrected chi connectivity index (χ2v) is 9.00. The van der Waals surface area contributed by atoms with Gasteiger partial charge in [0.1, 0.15) is 0 Å². The molecule has 3 aliphatic rings. The van der Waals surface area contributed by atoms with Crippen LogP contribution in [0.15, 0.2) is 0 Å². The van der Waals surface area contributed by atoms with E-state index in [2.05, 4.69) is 38.3 Å². The Hall–Kier alpha value is -0.280. The average molecular weight is 343 g/mol. The monoisotopic (exact) mass is 342 g/mol. The minimum atomic E-state index is 0. The Bertz CT molecular complexity index is 433. The molecule has 3 fully saturated rings. The van der Waals surface area contributed by atoms with Crippen molar-refractivity contribution in [1.29, 1.82) is 0 Å². The summed E-state index contributed by atoms with van der Waals surface area (Å²) in [5.74, 6) is 2.32. The van der Waals surface area contributed by atoms with Crippen molar-refractivity contribution in [3.05, 3.63) is 0 Å². The van der Waals surface area contributed by atoms with Gasteiger partial charge in [0.05, 0.1) is 0 Å². The Morgan fingerprint density at radius 1 is 1.22 bits per heavy atom. The van der Waals surface area contributed by atoms with Crippen LogP contribution in [0.25, 0.3) is 0 Å². The molecule has 3 rings (SSSR count). The Kier molecular flexibility index (Phi) is 5.73. The lowest BCUT2D eigenvalue weighted by Crippen LogP contribution is -2.47. The standard InChI is InChI=1S/C19H34N2O.ClH/c1-13(14-6-9-20-10-7-14)11-17(22)21-16-12-15-5-8-19(16,4)18(15,2)3;/h13-16,20H,5-12H2,1-4H3,(H,21,22);1H. The van der Waals surface area contributed by atoms with Crippen molar-refractivity contribution in [2.45, 2.75) is 72.3 Å². The topological polar surface area (TPSA) is 41.1 Å². The van der Waals surface area contributed by atoms with Crippen LogP contribution in [0.2, 0.25) is 0 Å². The summed E-state index contributed by atoms with van der Waals surface area (Å²) in [6.45, 7) is 11.7. The molecular weight excluding hydrogens is 308 g/mol. The molecule has 1 amide bonds. The molecule has 1 heterocycles. The molecule has 0 aromatic rings. The molecule has 23 heavy (non-hydrogen) atoms. The third kappa shape index (κ3) is 3.28. The number of rotatable bonds is 4. The van der Waals surface area contributed by atoms with E-state index in [-0.39, 0.29) is 12.4 Å². The van der Waals surface area contributed by atoms with Crippen molar-refractivity contribution in [3.63, 3.8) is 0 Å². The number of hydrogen-bond donors (Lipinski definition) is 2. The third-order valence-corrected chi connectivity index (χ3v) is 7.83. The largest absolute Gasteiger partial charge is 0.353 e. The number of carbonyl (C=O) groups excluding carboxylic acids is 1. The van der Waals surface area contributed by atoms with Crippen LogP contribution in [0.1, 0.15) is 66.2 Å². The van der Waals surface area contributed by atoms with Gasteiger partial charge in [-0.2, -0.15) is 0 Å². The zero-order valence-corrected chi connectivity index (χ0v) is 16.1. The van der Waals surface area contributed by atoms with Gasteiger partial charge in [-0.25, -0.2) is 0 Å². The quantitative estimate of drug-likeness (QED) is 0.816. The summed E-state index contributed by atoms with van der Waals surface area (Å²) >= 11 is 0. The van der Waals surface area contributed by atoms with Crippen LogP contribution < -0.4 is 10.6 Å². The van der Waals surface area contributed by atoms with Crippen molar-refractivity contribution < 1.29 is 4.79 Å². The van der Waals surface area contributed by atoms with Gasteiger partial charge in [0.25, 0.3) is 0 Å². The van der Waals surface area contributed by atoms with Gasteiger partial charge in [-0.05, 0) is 73.8 Å². The molecular formula is C19H35ClN2O. The van der Waals surface area contributed by atoms with Crippen molar-refractivity contribution in [1.82, 2.24) is 10.6 Å². The second kappa shape index (κ2) is 6.92. The third-order valence-electron chi connectivity index (χ3n) is 7.83. The fourth-order valence-electron chi connectivity index (χ4n) is 5.55. The maximum Gasteiger partial charge on any atom is 0.220 e. The van der Waals surface area contributed by atoms with E-state index in [1.807, 2.05) is 0 Å². The van der Waals surface area contributed by atoms with Crippen LogP contribution in [-0.2, 0) is 4.79 Å². The normalized spacial score (nSPS) is 37.2. The molecule has 2 aliphatic carbocycles. The van der Waals surface area contributed by atoms with Crippen LogP contribution in [0.4, 0.5) is 0 Å². The van der Waals surface area contributed by atoms with Crippen LogP contribution in [0, 0.1) is 28.6 Å². The first-order valence-electron chi connectivity index (χ1n) is 9.34. The highest BCUT2D eigenvalue weighted by Gasteiger charge is 2.61. The highest BCUT2D eigenvalue weighted by molar-refractivity contribution is 5.85. The zero-order chi connectivity index (χ0) is 16.0. The first-order valence-corrected chi connectivity index (χ1v) is 9.34. The first kappa shape index (κ1) is 19.1. The van der Waals surface area contributed by atoms with Crippen LogP contribution in [0.5, 0.6) is 0 Å². The van der Waals surface area contributed by atoms with Crippen molar-refractivity contribution in [2.75, 3.05) is 13.1 Å². The van der Waals surface area contributed by atoms with Gasteiger partial charge < -0.3 is 10.6 Å². The number of carbonyl (C=O) groups is 1. The fraction of sp³-hybridized carbons (Fsp3) is 0.947. The lowest BCUT2D eigenvalue weighted by atomic mass is 9.69. The lowest BCUT2D eigenvalue weighted by Gasteiger charge is -2.39. The fourth-order valence-corrected chi connectivity index (χ4v) is 5.55. The van der Waals surface area contributed by atoms with Crippen molar-refractivity contribution in [3.8, 4) is 0 Å². The summed E-state index contributed by atoms with van der Waals surface area (Å²) in [4.78, 5) is 12.6. The number of nitrogens with one attached hydrogen (secondary N) is 2. The Morgan fingerprint density at radius 2 is 1.87 bits per heavy atom. The summed E-state index contributed by atoms with van der Waals surface area (Å²) in [7, 11) is 0. The van der Waals surface area contributed by atoms with Gasteiger partial charge in [-0.3, -0.25) is 4.79 Å². The lowest BCUT2D eigenvalue weighted by molar-refractivity contribution is -0.124. The van der Waals surface area contributed by atoms with Crippen molar-refractivity contribution >= 4 is 18.3 Å². The van der Waals surface area contributed by atoms with Gasteiger partial charge in [0.15, 0.2) is 0 Å². The summed E-state index contributed by atoms with van der Waals surface area (Å²) < 4.78 is 0. The summed E-state index contributed by atoms with van der Waals surface area (Å²) in [5, 5.41) is 6.84. The molecule has 2 bridgehead atoms. The van der Waals surface area contributed by atoms with Crippen LogP contribution in [0.3, 0.4) is 0 Å². The molecule has 0 radical (unpaired) electrons. The molecule has 3 nitrogen and oxygen atoms in total. The minimum Gasteiger partial charge on any atom is -0.353 e. The number of piperidine rings is 1. The second-order valence-electron chi connectivity index (χ2n) is 9.00. The van der Waals surface area contributed by atoms with Gasteiger partial charge >= 0.3 is 0 Å². The van der Waals surface area contributed by atoms with E-state index >= 15 is 0 Å². The van der Waals surface area contributed by atoms with Crippen LogP contribution >= 0.6 is 12.4 Å². The van der Waals surface area contributed by atoms with Crippen molar-refractivity contribution in [2.24, 2.45) is 28.6 Å². The maximum atomic E-state index is 12.6. The molecule has 0 aromatic carbocycles. The molecule has 0 aromatic heterocycles. The predicted octanol–water partition coefficient (Wildman–Crippen LogP) is 3.77. The average Bonchev–Trinajstić information content (AvgIpc) is 2.81. The van der Waals surface area contributed by atoms with E-state index in [1.165, 1.54) is 32.1 Å². The molecule has 0 spiro atoms. The van der Waals surface area contributed by atoms with E-state index in [4.69, 9.17) is 0 Å². The summed E-state index contributed by atoms with van der Waals surface area (Å²) in [6.07, 6.45) is 6.98. The number of fused-ring (bicyclic) bond motifs is 2. The van der Waals surface area contributed by atoms with E-state index in [1.54, 1.807) is 0 Å². The SMILES string of the molecule is CC(CC(=O)NC1CC2CCC1(C)C2(C)C)C1CCNCC1.Cl. The van der Waals surface area contributed by atoms with Crippen LogP contribution in [-0.4, -0.2) is 25.0 Å². The molecule has 1 saturated heterocycles. The summed E-state index contributed by atoms with van der Waals surface area (Å²) in [5.41, 5.74) is 0.678. The maximum absolute atomic E-state index is 12.6. The number of halogens is 1. The smallest absolute Gasteiger partial charge is 0.220 e. The highest BCUT2D eigenvalue weighted by Crippen LogP contribution is 2.65. The Morgan fingerprint density at radius 3 is 2.39 bits per heavy atom. The molecule has 2 N–H and O–H groups in total. The van der Waals surface area contributed by atoms with Gasteiger partial charge in [0, 0.05) is 12.5 Å². The molecule has 134 valence electrons. The van der Waals surface area contributed by atoms with E-state index in [0.717, 1.165) is 24.9 Å². The number of amides is 1. The number of hydrogen-bond acceptors (Lipinski definition) is 2. The Balaban J connectivity index is 0.00000192. The summed E-state index contributed by atoms with van der Waals surface area (Å²) in [6, 6.07) is 0.397. The first-order chi connectivity index (χ1) is 10.3. The molecule has 1 aliphatic heterocycles. The molecule has 4 heteroatoms. The van der Waals surface area contributed by atoms with Gasteiger partial charge in [-0.15, -0.1) is 12.4 Å².